The Morgan fingerprint density at radius 2 is 2.14 bits per heavy atom. The minimum Gasteiger partial charge on any atom is -0.377 e. The monoisotopic (exact) mass is 199 g/mol. The molecule has 0 aliphatic carbocycles. The Morgan fingerprint density at radius 1 is 1.36 bits per heavy atom. The minimum absolute atomic E-state index is 0.464. The van der Waals surface area contributed by atoms with E-state index < -0.39 is 0 Å². The third kappa shape index (κ3) is 3.97. The Labute approximate surface area is 88.4 Å². The summed E-state index contributed by atoms with van der Waals surface area (Å²) >= 11 is 0. The summed E-state index contributed by atoms with van der Waals surface area (Å²) in [5.74, 6) is 0.754. The van der Waals surface area contributed by atoms with Gasteiger partial charge in [-0.2, -0.15) is 0 Å². The van der Waals surface area contributed by atoms with Crippen LogP contribution >= 0.6 is 0 Å². The Hall–Kier alpha value is -0.0800. The van der Waals surface area contributed by atoms with Gasteiger partial charge in [-0.3, -0.25) is 0 Å². The first-order chi connectivity index (χ1) is 6.74. The molecule has 1 saturated heterocycles. The zero-order chi connectivity index (χ0) is 10.4. The van der Waals surface area contributed by atoms with E-state index in [4.69, 9.17) is 4.74 Å². The summed E-state index contributed by atoms with van der Waals surface area (Å²) in [5.41, 5.74) is 0. The van der Waals surface area contributed by atoms with Gasteiger partial charge in [0.25, 0.3) is 0 Å². The van der Waals surface area contributed by atoms with E-state index in [-0.39, 0.29) is 0 Å². The summed E-state index contributed by atoms with van der Waals surface area (Å²) in [6.45, 7) is 8.76. The molecule has 0 radical (unpaired) electrons. The number of nitrogens with one attached hydrogen (secondary N) is 1. The standard InChI is InChI=1S/C12H25NO/c1-4-13-11(9-10(2)3)12-7-5-6-8-14-12/h10-13H,4-9H2,1-3H3. The van der Waals surface area contributed by atoms with Gasteiger partial charge in [-0.15, -0.1) is 0 Å². The molecule has 0 aromatic heterocycles. The lowest BCUT2D eigenvalue weighted by Crippen LogP contribution is -2.43. The van der Waals surface area contributed by atoms with Crippen LogP contribution in [0.2, 0.25) is 0 Å². The van der Waals surface area contributed by atoms with Crippen LogP contribution in [0.5, 0.6) is 0 Å². The highest BCUT2D eigenvalue weighted by atomic mass is 16.5. The van der Waals surface area contributed by atoms with Gasteiger partial charge in [0.2, 0.25) is 0 Å². The highest BCUT2D eigenvalue weighted by Gasteiger charge is 2.24. The molecule has 1 aliphatic rings. The van der Waals surface area contributed by atoms with Crippen LogP contribution in [0.1, 0.15) is 46.5 Å². The third-order valence-electron chi connectivity index (χ3n) is 2.86. The predicted octanol–water partition coefficient (Wildman–Crippen LogP) is 2.58. The maximum atomic E-state index is 5.83. The third-order valence-corrected chi connectivity index (χ3v) is 2.86. The summed E-state index contributed by atoms with van der Waals surface area (Å²) in [6, 6.07) is 0.570. The van der Waals surface area contributed by atoms with Gasteiger partial charge in [0, 0.05) is 12.6 Å². The summed E-state index contributed by atoms with van der Waals surface area (Å²) in [6.07, 6.45) is 5.52. The zero-order valence-electron chi connectivity index (χ0n) is 9.88. The maximum absolute atomic E-state index is 5.83. The van der Waals surface area contributed by atoms with Crippen LogP contribution in [0.3, 0.4) is 0 Å². The van der Waals surface area contributed by atoms with Gasteiger partial charge in [0.15, 0.2) is 0 Å². The van der Waals surface area contributed by atoms with E-state index in [1.54, 1.807) is 0 Å². The Kier molecular flexibility index (Phi) is 5.49. The van der Waals surface area contributed by atoms with Crippen LogP contribution in [-0.4, -0.2) is 25.3 Å². The first kappa shape index (κ1) is 12.0. The molecule has 1 N–H and O–H groups in total. The average Bonchev–Trinajstić information content (AvgIpc) is 2.18. The molecule has 2 atom stereocenters. The van der Waals surface area contributed by atoms with E-state index in [2.05, 4.69) is 26.1 Å². The van der Waals surface area contributed by atoms with E-state index in [0.29, 0.717) is 12.1 Å². The lowest BCUT2D eigenvalue weighted by molar-refractivity contribution is -0.0114. The van der Waals surface area contributed by atoms with Crippen LogP contribution in [0.4, 0.5) is 0 Å². The van der Waals surface area contributed by atoms with Gasteiger partial charge in [0.1, 0.15) is 0 Å². The molecule has 0 amide bonds. The first-order valence-corrected chi connectivity index (χ1v) is 6.09. The van der Waals surface area contributed by atoms with Crippen molar-refractivity contribution in [1.82, 2.24) is 5.32 Å². The van der Waals surface area contributed by atoms with E-state index in [1.165, 1.54) is 25.7 Å². The predicted molar refractivity (Wildman–Crippen MR) is 60.5 cm³/mol. The largest absolute Gasteiger partial charge is 0.377 e. The Balaban J connectivity index is 2.38. The van der Waals surface area contributed by atoms with Crippen molar-refractivity contribution in [3.8, 4) is 0 Å². The molecule has 84 valence electrons. The first-order valence-electron chi connectivity index (χ1n) is 6.09. The van der Waals surface area contributed by atoms with Gasteiger partial charge < -0.3 is 10.1 Å². The highest BCUT2D eigenvalue weighted by molar-refractivity contribution is 4.79. The Morgan fingerprint density at radius 3 is 2.64 bits per heavy atom. The molecular formula is C12H25NO. The van der Waals surface area contributed by atoms with E-state index >= 15 is 0 Å². The topological polar surface area (TPSA) is 21.3 Å². The van der Waals surface area contributed by atoms with Crippen molar-refractivity contribution in [3.63, 3.8) is 0 Å². The lowest BCUT2D eigenvalue weighted by Gasteiger charge is -2.32. The molecular weight excluding hydrogens is 174 g/mol. The molecule has 0 aromatic carbocycles. The van der Waals surface area contributed by atoms with Crippen molar-refractivity contribution in [3.05, 3.63) is 0 Å². The summed E-state index contributed by atoms with van der Waals surface area (Å²) in [5, 5.41) is 3.56. The number of hydrogen-bond acceptors (Lipinski definition) is 2. The lowest BCUT2D eigenvalue weighted by atomic mass is 9.94. The van der Waals surface area contributed by atoms with Gasteiger partial charge in [0.05, 0.1) is 6.10 Å². The normalized spacial score (nSPS) is 25.3. The molecule has 0 saturated carbocycles. The van der Waals surface area contributed by atoms with Crippen molar-refractivity contribution >= 4 is 0 Å². The molecule has 0 spiro atoms. The maximum Gasteiger partial charge on any atom is 0.0728 e. The second-order valence-electron chi connectivity index (χ2n) is 4.70. The van der Waals surface area contributed by atoms with Crippen molar-refractivity contribution < 1.29 is 4.74 Å². The summed E-state index contributed by atoms with van der Waals surface area (Å²) in [7, 11) is 0. The van der Waals surface area contributed by atoms with Crippen LogP contribution in [-0.2, 0) is 4.74 Å². The second kappa shape index (κ2) is 6.41. The SMILES string of the molecule is CCNC(CC(C)C)C1CCCCO1. The molecule has 2 nitrogen and oxygen atoms in total. The van der Waals surface area contributed by atoms with E-state index in [9.17, 15) is 0 Å². The number of likely N-dealkylation sites (N-methyl/N-ethyl adjacent to an activating group) is 1. The quantitative estimate of drug-likeness (QED) is 0.735. The zero-order valence-corrected chi connectivity index (χ0v) is 9.88. The number of hydrogen-bond donors (Lipinski definition) is 1. The molecule has 1 aliphatic heterocycles. The second-order valence-corrected chi connectivity index (χ2v) is 4.70. The van der Waals surface area contributed by atoms with Crippen molar-refractivity contribution in [2.24, 2.45) is 5.92 Å². The molecule has 0 aromatic rings. The fraction of sp³-hybridized carbons (Fsp3) is 1.00. The molecule has 2 heteroatoms. The van der Waals surface area contributed by atoms with Crippen LogP contribution in [0.15, 0.2) is 0 Å². The minimum atomic E-state index is 0.464. The van der Waals surface area contributed by atoms with Gasteiger partial charge in [-0.1, -0.05) is 20.8 Å². The van der Waals surface area contributed by atoms with Crippen molar-refractivity contribution in [2.45, 2.75) is 58.6 Å². The van der Waals surface area contributed by atoms with Crippen molar-refractivity contribution in [2.75, 3.05) is 13.2 Å². The summed E-state index contributed by atoms with van der Waals surface area (Å²) in [4.78, 5) is 0. The van der Waals surface area contributed by atoms with Crippen LogP contribution in [0, 0.1) is 5.92 Å². The van der Waals surface area contributed by atoms with Crippen molar-refractivity contribution in [1.29, 1.82) is 0 Å². The van der Waals surface area contributed by atoms with E-state index in [1.807, 2.05) is 0 Å². The number of rotatable bonds is 5. The number of ether oxygens (including phenoxy) is 1. The molecule has 1 rings (SSSR count). The molecule has 2 unspecified atom stereocenters. The smallest absolute Gasteiger partial charge is 0.0728 e. The van der Waals surface area contributed by atoms with E-state index in [0.717, 1.165) is 19.1 Å². The fourth-order valence-corrected chi connectivity index (χ4v) is 2.22. The molecule has 1 fully saturated rings. The van der Waals surface area contributed by atoms with Gasteiger partial charge in [-0.25, -0.2) is 0 Å². The Bertz CT molecular complexity index is 141. The van der Waals surface area contributed by atoms with Gasteiger partial charge >= 0.3 is 0 Å². The highest BCUT2D eigenvalue weighted by Crippen LogP contribution is 2.20. The van der Waals surface area contributed by atoms with Crippen LogP contribution in [0.25, 0.3) is 0 Å². The fourth-order valence-electron chi connectivity index (χ4n) is 2.22. The molecule has 14 heavy (non-hydrogen) atoms. The van der Waals surface area contributed by atoms with Gasteiger partial charge in [-0.05, 0) is 38.1 Å². The molecule has 1 heterocycles. The van der Waals surface area contributed by atoms with Crippen LogP contribution < -0.4 is 5.32 Å². The summed E-state index contributed by atoms with van der Waals surface area (Å²) < 4.78 is 5.83. The average molecular weight is 199 g/mol. The molecule has 0 bridgehead atoms.